The molecule has 0 saturated carbocycles. The summed E-state index contributed by atoms with van der Waals surface area (Å²) >= 11 is 0. The first-order valence-corrected chi connectivity index (χ1v) is 12.1. The highest BCUT2D eigenvalue weighted by Crippen LogP contribution is 2.31. The minimum absolute atomic E-state index is 0.128. The molecule has 1 aliphatic rings. The second-order valence-corrected chi connectivity index (χ2v) is 9.36. The third-order valence-electron chi connectivity index (χ3n) is 6.34. The second kappa shape index (κ2) is 13.1. The molecule has 9 heteroatoms. The Morgan fingerprint density at radius 2 is 1.69 bits per heavy atom. The Balaban J connectivity index is 2.58. The van der Waals surface area contributed by atoms with Gasteiger partial charge in [0.25, 0.3) is 0 Å². The molecule has 1 heterocycles. The van der Waals surface area contributed by atoms with E-state index in [1.165, 1.54) is 0 Å². The molecule has 0 fully saturated rings. The molecule has 2 bridgehead atoms. The average Bonchev–Trinajstić information content (AvgIpc) is 2.83. The summed E-state index contributed by atoms with van der Waals surface area (Å²) in [4.78, 5) is 39.6. The van der Waals surface area contributed by atoms with Crippen molar-refractivity contribution in [1.29, 1.82) is 0 Å². The highest BCUT2D eigenvalue weighted by Gasteiger charge is 2.32. The van der Waals surface area contributed by atoms with Crippen LogP contribution in [0.15, 0.2) is 18.3 Å². The van der Waals surface area contributed by atoms with Crippen LogP contribution >= 0.6 is 0 Å². The fourth-order valence-corrected chi connectivity index (χ4v) is 4.06. The fraction of sp³-hybridized carbons (Fsp3) is 0.577. The third kappa shape index (κ3) is 7.45. The van der Waals surface area contributed by atoms with Crippen molar-refractivity contribution >= 4 is 23.8 Å². The number of carbonyl (C=O) groups is 3. The van der Waals surface area contributed by atoms with Gasteiger partial charge in [-0.25, -0.2) is 0 Å². The van der Waals surface area contributed by atoms with Crippen LogP contribution in [-0.4, -0.2) is 57.1 Å². The first-order valence-electron chi connectivity index (χ1n) is 12.1. The molecule has 1 aromatic carbocycles. The van der Waals surface area contributed by atoms with E-state index in [9.17, 15) is 14.4 Å². The maximum absolute atomic E-state index is 13.3. The summed E-state index contributed by atoms with van der Waals surface area (Å²) in [5, 5.41) is 11.6. The number of benzene rings is 1. The van der Waals surface area contributed by atoms with Crippen molar-refractivity contribution in [1.82, 2.24) is 21.3 Å². The van der Waals surface area contributed by atoms with E-state index >= 15 is 0 Å². The lowest BCUT2D eigenvalue weighted by atomic mass is 9.95. The molecular formula is C26H40N4O5. The predicted molar refractivity (Wildman–Crippen MR) is 136 cm³/mol. The Kier molecular flexibility index (Phi) is 10.6. The Bertz CT molecular complexity index is 931. The van der Waals surface area contributed by atoms with E-state index in [4.69, 9.17) is 9.47 Å². The lowest BCUT2D eigenvalue weighted by molar-refractivity contribution is -0.133. The largest absolute Gasteiger partial charge is 0.496 e. The van der Waals surface area contributed by atoms with Gasteiger partial charge in [-0.05, 0) is 43.0 Å². The Morgan fingerprint density at radius 1 is 1.00 bits per heavy atom. The molecule has 9 nitrogen and oxygen atoms in total. The van der Waals surface area contributed by atoms with Gasteiger partial charge in [0.1, 0.15) is 23.6 Å². The quantitative estimate of drug-likeness (QED) is 0.466. The molecular weight excluding hydrogens is 448 g/mol. The van der Waals surface area contributed by atoms with Crippen molar-refractivity contribution in [2.24, 2.45) is 11.8 Å². The Morgan fingerprint density at radius 3 is 2.26 bits per heavy atom. The van der Waals surface area contributed by atoms with Gasteiger partial charge in [0.05, 0.1) is 20.3 Å². The van der Waals surface area contributed by atoms with Crippen LogP contribution < -0.4 is 30.7 Å². The first kappa shape index (κ1) is 28.2. The molecule has 4 atom stereocenters. The van der Waals surface area contributed by atoms with Gasteiger partial charge in [-0.2, -0.15) is 0 Å². The molecule has 35 heavy (non-hydrogen) atoms. The number of amides is 3. The molecule has 194 valence electrons. The van der Waals surface area contributed by atoms with Crippen molar-refractivity contribution in [3.63, 3.8) is 0 Å². The normalized spacial score (nSPS) is 22.4. The first-order chi connectivity index (χ1) is 16.6. The number of methoxy groups -OCH3 is 2. The van der Waals surface area contributed by atoms with Gasteiger partial charge >= 0.3 is 0 Å². The van der Waals surface area contributed by atoms with E-state index in [0.29, 0.717) is 30.8 Å². The van der Waals surface area contributed by atoms with Gasteiger partial charge in [0.2, 0.25) is 17.7 Å². The van der Waals surface area contributed by atoms with Crippen molar-refractivity contribution < 1.29 is 23.9 Å². The number of fused-ring (bicyclic) bond motifs is 2. The van der Waals surface area contributed by atoms with Gasteiger partial charge < -0.3 is 30.7 Å². The lowest BCUT2D eigenvalue weighted by Crippen LogP contribution is -2.58. The van der Waals surface area contributed by atoms with Gasteiger partial charge in [0.15, 0.2) is 0 Å². The zero-order chi connectivity index (χ0) is 26.1. The van der Waals surface area contributed by atoms with Crippen LogP contribution in [0.25, 0.3) is 6.08 Å². The van der Waals surface area contributed by atoms with E-state index < -0.39 is 18.1 Å². The topological polar surface area (TPSA) is 118 Å². The molecule has 0 aromatic heterocycles. The number of likely N-dealkylation sites (N-methyl/N-ethyl adjacent to an activating group) is 1. The van der Waals surface area contributed by atoms with Crippen LogP contribution in [-0.2, 0) is 20.8 Å². The minimum atomic E-state index is -0.778. The molecule has 0 spiro atoms. The summed E-state index contributed by atoms with van der Waals surface area (Å²) in [5.41, 5.74) is 1.50. The second-order valence-electron chi connectivity index (χ2n) is 9.36. The zero-order valence-electron chi connectivity index (χ0n) is 21.9. The zero-order valence-corrected chi connectivity index (χ0v) is 21.9. The highest BCUT2D eigenvalue weighted by atomic mass is 16.5. The smallest absolute Gasteiger partial charge is 0.246 e. The van der Waals surface area contributed by atoms with Crippen LogP contribution in [0.1, 0.15) is 51.7 Å². The SMILES string of the molecule is CCC(C)C1NC(=O)C(NC)Cc2cc(c(OC)cc2OC)C=CNC(=O)C(CC(C)C)NC1=O. The molecule has 0 radical (unpaired) electrons. The summed E-state index contributed by atoms with van der Waals surface area (Å²) in [6.07, 6.45) is 4.74. The predicted octanol–water partition coefficient (Wildman–Crippen LogP) is 2.00. The van der Waals surface area contributed by atoms with Crippen LogP contribution in [0.3, 0.4) is 0 Å². The maximum atomic E-state index is 13.3. The molecule has 1 aliphatic heterocycles. The number of nitrogens with one attached hydrogen (secondary N) is 4. The van der Waals surface area contributed by atoms with Gasteiger partial charge in [0, 0.05) is 24.3 Å². The maximum Gasteiger partial charge on any atom is 0.246 e. The van der Waals surface area contributed by atoms with Crippen LogP contribution in [0.4, 0.5) is 0 Å². The standard InChI is InChI=1S/C26H40N4O5/c1-8-16(4)23-26(33)29-20(11-15(2)3)24(31)28-10-9-17-12-18(13-19(27-5)25(32)30-23)22(35-7)14-21(17)34-6/h9-10,12,14-16,19-20,23,27H,8,11,13H2,1-7H3,(H,28,31)(H,29,33)(H,30,32). The van der Waals surface area contributed by atoms with Crippen molar-refractivity contribution in [2.75, 3.05) is 21.3 Å². The highest BCUT2D eigenvalue weighted by molar-refractivity contribution is 5.93. The summed E-state index contributed by atoms with van der Waals surface area (Å²) < 4.78 is 11.1. The average molecular weight is 489 g/mol. The number of rotatable bonds is 7. The van der Waals surface area contributed by atoms with Crippen molar-refractivity contribution in [3.05, 3.63) is 29.5 Å². The monoisotopic (exact) mass is 488 g/mol. The van der Waals surface area contributed by atoms with E-state index in [0.717, 1.165) is 11.1 Å². The number of hydrogen-bond donors (Lipinski definition) is 4. The van der Waals surface area contributed by atoms with Crippen LogP contribution in [0.2, 0.25) is 0 Å². The number of ether oxygens (including phenoxy) is 2. The van der Waals surface area contributed by atoms with Crippen molar-refractivity contribution in [2.45, 2.75) is 65.1 Å². The number of carbonyl (C=O) groups excluding carboxylic acids is 3. The van der Waals surface area contributed by atoms with E-state index in [2.05, 4.69) is 21.3 Å². The van der Waals surface area contributed by atoms with Crippen LogP contribution in [0.5, 0.6) is 11.5 Å². The number of hydrogen-bond acceptors (Lipinski definition) is 6. The molecule has 4 unspecified atom stereocenters. The molecule has 2 rings (SSSR count). The van der Waals surface area contributed by atoms with Gasteiger partial charge in [-0.1, -0.05) is 34.1 Å². The molecule has 0 saturated heterocycles. The summed E-state index contributed by atoms with van der Waals surface area (Å²) in [6.45, 7) is 7.84. The van der Waals surface area contributed by atoms with Gasteiger partial charge in [-0.3, -0.25) is 14.4 Å². The van der Waals surface area contributed by atoms with E-state index in [-0.39, 0.29) is 29.6 Å². The minimum Gasteiger partial charge on any atom is -0.496 e. The van der Waals surface area contributed by atoms with E-state index in [1.54, 1.807) is 39.6 Å². The van der Waals surface area contributed by atoms with E-state index in [1.807, 2.05) is 33.8 Å². The molecule has 3 amide bonds. The van der Waals surface area contributed by atoms with Crippen LogP contribution in [0, 0.1) is 11.8 Å². The Hall–Kier alpha value is -3.07. The molecule has 4 N–H and O–H groups in total. The lowest BCUT2D eigenvalue weighted by Gasteiger charge is -2.28. The van der Waals surface area contributed by atoms with Crippen molar-refractivity contribution in [3.8, 4) is 11.5 Å². The summed E-state index contributed by atoms with van der Waals surface area (Å²) in [7, 11) is 4.82. The molecule has 1 aromatic rings. The summed E-state index contributed by atoms with van der Waals surface area (Å²) in [5.74, 6) is 0.185. The Labute approximate surface area is 208 Å². The van der Waals surface area contributed by atoms with Gasteiger partial charge in [-0.15, -0.1) is 0 Å². The molecule has 0 aliphatic carbocycles. The fourth-order valence-electron chi connectivity index (χ4n) is 4.06. The third-order valence-corrected chi connectivity index (χ3v) is 6.34. The summed E-state index contributed by atoms with van der Waals surface area (Å²) in [6, 6.07) is 1.51.